The first-order valence-electron chi connectivity index (χ1n) is 5.62. The number of piperazine rings is 1. The average molecular weight is 229 g/mol. The van der Waals surface area contributed by atoms with Crippen LogP contribution in [0.25, 0.3) is 0 Å². The molecule has 0 unspecified atom stereocenters. The third-order valence-corrected chi connectivity index (χ3v) is 3.87. The van der Waals surface area contributed by atoms with Gasteiger partial charge in [-0.1, -0.05) is 26.1 Å². The molecule has 1 aliphatic heterocycles. The molecule has 0 radical (unpaired) electrons. The molecule has 1 heterocycles. The van der Waals surface area contributed by atoms with Crippen molar-refractivity contribution in [2.45, 2.75) is 20.3 Å². The summed E-state index contributed by atoms with van der Waals surface area (Å²) in [4.78, 5) is 5.51. The van der Waals surface area contributed by atoms with Crippen LogP contribution in [-0.2, 0) is 0 Å². The lowest BCUT2D eigenvalue weighted by Crippen LogP contribution is -2.46. The third kappa shape index (κ3) is 4.05. The van der Waals surface area contributed by atoms with E-state index >= 15 is 0 Å². The van der Waals surface area contributed by atoms with Gasteiger partial charge in [-0.3, -0.25) is 0 Å². The lowest BCUT2D eigenvalue weighted by molar-refractivity contribution is 0.145. The molecule has 15 heavy (non-hydrogen) atoms. The van der Waals surface area contributed by atoms with Crippen LogP contribution in [-0.4, -0.2) is 54.6 Å². The van der Waals surface area contributed by atoms with Crippen molar-refractivity contribution in [2.75, 3.05) is 39.8 Å². The Bertz CT molecular complexity index is 220. The highest BCUT2D eigenvalue weighted by Gasteiger charge is 2.23. The summed E-state index contributed by atoms with van der Waals surface area (Å²) >= 11 is 5.07. The minimum atomic E-state index is -0.00131. The molecule has 0 aromatic carbocycles. The number of hydrogen-bond donors (Lipinski definition) is 1. The van der Waals surface area contributed by atoms with Crippen LogP contribution in [0.5, 0.6) is 0 Å². The fourth-order valence-electron chi connectivity index (χ4n) is 1.63. The van der Waals surface area contributed by atoms with Crippen LogP contribution < -0.4 is 5.73 Å². The summed E-state index contributed by atoms with van der Waals surface area (Å²) in [6.45, 7) is 10.1. The maximum absolute atomic E-state index is 5.71. The fraction of sp³-hybridized carbons (Fsp3) is 0.909. The Hall–Kier alpha value is -0.190. The van der Waals surface area contributed by atoms with Gasteiger partial charge in [-0.15, -0.1) is 0 Å². The highest BCUT2D eigenvalue weighted by Crippen LogP contribution is 2.21. The van der Waals surface area contributed by atoms with Crippen LogP contribution in [0.15, 0.2) is 0 Å². The van der Waals surface area contributed by atoms with E-state index in [2.05, 4.69) is 30.7 Å². The van der Waals surface area contributed by atoms with Crippen molar-refractivity contribution in [3.05, 3.63) is 0 Å². The first-order valence-corrected chi connectivity index (χ1v) is 6.03. The van der Waals surface area contributed by atoms with E-state index in [1.807, 2.05) is 0 Å². The molecule has 1 fully saturated rings. The minimum absolute atomic E-state index is 0.00131. The Morgan fingerprint density at radius 1 is 1.27 bits per heavy atom. The van der Waals surface area contributed by atoms with Crippen molar-refractivity contribution in [3.63, 3.8) is 0 Å². The largest absolute Gasteiger partial charge is 0.393 e. The summed E-state index contributed by atoms with van der Waals surface area (Å²) in [7, 11) is 2.18. The molecule has 2 N–H and O–H groups in total. The van der Waals surface area contributed by atoms with E-state index in [-0.39, 0.29) is 5.41 Å². The first kappa shape index (κ1) is 12.9. The SMILES string of the molecule is CN1CCN(CCC(C)(C)C(N)=S)CC1. The van der Waals surface area contributed by atoms with Gasteiger partial charge in [-0.2, -0.15) is 0 Å². The Morgan fingerprint density at radius 3 is 2.27 bits per heavy atom. The molecule has 0 aromatic rings. The maximum Gasteiger partial charge on any atom is 0.0784 e. The average Bonchev–Trinajstić information content (AvgIpc) is 2.17. The van der Waals surface area contributed by atoms with Gasteiger partial charge in [-0.05, 0) is 20.0 Å². The van der Waals surface area contributed by atoms with Crippen molar-refractivity contribution < 1.29 is 0 Å². The molecule has 0 saturated carbocycles. The van der Waals surface area contributed by atoms with Crippen molar-refractivity contribution in [1.82, 2.24) is 9.80 Å². The number of thiocarbonyl (C=S) groups is 1. The summed E-state index contributed by atoms with van der Waals surface area (Å²) in [5, 5.41) is 0. The Balaban J connectivity index is 2.28. The Morgan fingerprint density at radius 2 is 1.80 bits per heavy atom. The Labute approximate surface area is 98.6 Å². The number of nitrogens with zero attached hydrogens (tertiary/aromatic N) is 2. The second-order valence-corrected chi connectivity index (χ2v) is 5.58. The molecule has 0 aromatic heterocycles. The van der Waals surface area contributed by atoms with Gasteiger partial charge in [0.25, 0.3) is 0 Å². The van der Waals surface area contributed by atoms with Gasteiger partial charge in [0, 0.05) is 31.6 Å². The van der Waals surface area contributed by atoms with Gasteiger partial charge in [0.15, 0.2) is 0 Å². The van der Waals surface area contributed by atoms with E-state index in [1.165, 1.54) is 26.2 Å². The highest BCUT2D eigenvalue weighted by molar-refractivity contribution is 7.80. The zero-order valence-corrected chi connectivity index (χ0v) is 10.9. The van der Waals surface area contributed by atoms with E-state index < -0.39 is 0 Å². The zero-order chi connectivity index (χ0) is 11.5. The lowest BCUT2D eigenvalue weighted by atomic mass is 9.89. The summed E-state index contributed by atoms with van der Waals surface area (Å²) in [6.07, 6.45) is 1.06. The van der Waals surface area contributed by atoms with Crippen LogP contribution in [0.1, 0.15) is 20.3 Å². The molecule has 1 saturated heterocycles. The molecular weight excluding hydrogens is 206 g/mol. The minimum Gasteiger partial charge on any atom is -0.393 e. The van der Waals surface area contributed by atoms with Crippen molar-refractivity contribution in [2.24, 2.45) is 11.1 Å². The topological polar surface area (TPSA) is 32.5 Å². The summed E-state index contributed by atoms with van der Waals surface area (Å²) in [5.74, 6) is 0. The molecule has 1 aliphatic rings. The molecule has 0 spiro atoms. The van der Waals surface area contributed by atoms with E-state index in [0.717, 1.165) is 13.0 Å². The molecule has 0 bridgehead atoms. The number of hydrogen-bond acceptors (Lipinski definition) is 3. The molecule has 3 nitrogen and oxygen atoms in total. The van der Waals surface area contributed by atoms with E-state index in [0.29, 0.717) is 4.99 Å². The number of rotatable bonds is 4. The normalized spacial score (nSPS) is 20.5. The monoisotopic (exact) mass is 229 g/mol. The zero-order valence-electron chi connectivity index (χ0n) is 10.1. The molecule has 88 valence electrons. The quantitative estimate of drug-likeness (QED) is 0.727. The first-order chi connectivity index (χ1) is 6.92. The lowest BCUT2D eigenvalue weighted by Gasteiger charge is -2.34. The maximum atomic E-state index is 5.71. The van der Waals surface area contributed by atoms with E-state index in [9.17, 15) is 0 Å². The number of nitrogens with two attached hydrogens (primary N) is 1. The number of likely N-dealkylation sites (N-methyl/N-ethyl adjacent to an activating group) is 1. The standard InChI is InChI=1S/C11H23N3S/c1-11(2,10(12)15)4-5-14-8-6-13(3)7-9-14/h4-9H2,1-3H3,(H2,12,15). The molecular formula is C11H23N3S. The van der Waals surface area contributed by atoms with Crippen molar-refractivity contribution in [1.29, 1.82) is 0 Å². The second-order valence-electron chi connectivity index (χ2n) is 5.14. The van der Waals surface area contributed by atoms with Crippen LogP contribution in [0, 0.1) is 5.41 Å². The Kier molecular flexibility index (Phi) is 4.49. The summed E-state index contributed by atoms with van der Waals surface area (Å²) in [6, 6.07) is 0. The molecule has 1 rings (SSSR count). The fourth-order valence-corrected chi connectivity index (χ4v) is 1.73. The van der Waals surface area contributed by atoms with E-state index in [1.54, 1.807) is 0 Å². The van der Waals surface area contributed by atoms with Gasteiger partial charge >= 0.3 is 0 Å². The predicted molar refractivity (Wildman–Crippen MR) is 69.1 cm³/mol. The van der Waals surface area contributed by atoms with Crippen molar-refractivity contribution in [3.8, 4) is 0 Å². The smallest absolute Gasteiger partial charge is 0.0784 e. The third-order valence-electron chi connectivity index (χ3n) is 3.32. The predicted octanol–water partition coefficient (Wildman–Crippen LogP) is 0.936. The molecule has 0 aliphatic carbocycles. The van der Waals surface area contributed by atoms with Crippen LogP contribution in [0.2, 0.25) is 0 Å². The summed E-state index contributed by atoms with van der Waals surface area (Å²) < 4.78 is 0. The van der Waals surface area contributed by atoms with Gasteiger partial charge < -0.3 is 15.5 Å². The molecule has 0 atom stereocenters. The van der Waals surface area contributed by atoms with Crippen LogP contribution in [0.3, 0.4) is 0 Å². The van der Waals surface area contributed by atoms with Crippen molar-refractivity contribution >= 4 is 17.2 Å². The van der Waals surface area contributed by atoms with Crippen LogP contribution in [0.4, 0.5) is 0 Å². The second kappa shape index (κ2) is 5.23. The molecule has 0 amide bonds. The van der Waals surface area contributed by atoms with Crippen LogP contribution >= 0.6 is 12.2 Å². The van der Waals surface area contributed by atoms with E-state index in [4.69, 9.17) is 18.0 Å². The van der Waals surface area contributed by atoms with Gasteiger partial charge in [0.05, 0.1) is 4.99 Å². The van der Waals surface area contributed by atoms with Gasteiger partial charge in [-0.25, -0.2) is 0 Å². The van der Waals surface area contributed by atoms with Gasteiger partial charge in [0.1, 0.15) is 0 Å². The molecule has 4 heteroatoms. The highest BCUT2D eigenvalue weighted by atomic mass is 32.1. The van der Waals surface area contributed by atoms with Gasteiger partial charge in [0.2, 0.25) is 0 Å². The summed E-state index contributed by atoms with van der Waals surface area (Å²) in [5.41, 5.74) is 5.71.